The summed E-state index contributed by atoms with van der Waals surface area (Å²) in [5, 5.41) is 4.37. The second kappa shape index (κ2) is 3.82. The molecule has 1 aliphatic rings. The van der Waals surface area contributed by atoms with Crippen molar-refractivity contribution in [1.29, 1.82) is 0 Å². The van der Waals surface area contributed by atoms with Gasteiger partial charge in [-0.3, -0.25) is 15.0 Å². The Bertz CT molecular complexity index is 686. The molecule has 3 amide bonds. The number of hydrogen-bond donors (Lipinski definition) is 1. The van der Waals surface area contributed by atoms with E-state index in [4.69, 9.17) is 0 Å². The van der Waals surface area contributed by atoms with Gasteiger partial charge in [0.15, 0.2) is 0 Å². The number of rotatable bonds is 1. The molecule has 3 rings (SSSR count). The average molecular weight is 254 g/mol. The van der Waals surface area contributed by atoms with Crippen LogP contribution < -0.4 is 10.2 Å². The lowest BCUT2D eigenvalue weighted by Gasteiger charge is -2.28. The fourth-order valence-corrected chi connectivity index (χ4v) is 2.48. The summed E-state index contributed by atoms with van der Waals surface area (Å²) in [5.74, 6) is -0.273. The molecule has 2 aromatic rings. The number of anilines is 1. The van der Waals surface area contributed by atoms with E-state index in [0.29, 0.717) is 0 Å². The van der Waals surface area contributed by atoms with Crippen LogP contribution in [0.1, 0.15) is 13.8 Å². The van der Waals surface area contributed by atoms with Crippen LogP contribution in [0.15, 0.2) is 42.5 Å². The Morgan fingerprint density at radius 3 is 2.37 bits per heavy atom. The van der Waals surface area contributed by atoms with E-state index in [1.165, 1.54) is 4.90 Å². The minimum absolute atomic E-state index is 0.273. The van der Waals surface area contributed by atoms with Crippen LogP contribution in [0.25, 0.3) is 10.8 Å². The van der Waals surface area contributed by atoms with E-state index < -0.39 is 5.54 Å². The van der Waals surface area contributed by atoms with Crippen LogP contribution in [0, 0.1) is 0 Å². The molecule has 0 aliphatic carbocycles. The molecule has 96 valence electrons. The maximum atomic E-state index is 12.0. The van der Waals surface area contributed by atoms with Gasteiger partial charge >= 0.3 is 6.03 Å². The van der Waals surface area contributed by atoms with Crippen molar-refractivity contribution in [1.82, 2.24) is 5.32 Å². The monoisotopic (exact) mass is 254 g/mol. The van der Waals surface area contributed by atoms with E-state index in [0.717, 1.165) is 16.5 Å². The van der Waals surface area contributed by atoms with Crippen molar-refractivity contribution in [2.24, 2.45) is 0 Å². The summed E-state index contributed by atoms with van der Waals surface area (Å²) < 4.78 is 0. The Hall–Kier alpha value is -2.36. The average Bonchev–Trinajstić information content (AvgIpc) is 2.58. The molecule has 0 bridgehead atoms. The van der Waals surface area contributed by atoms with Gasteiger partial charge in [0.05, 0.1) is 5.69 Å². The van der Waals surface area contributed by atoms with Gasteiger partial charge in [-0.1, -0.05) is 36.4 Å². The smallest absolute Gasteiger partial charge is 0.279 e. The lowest BCUT2D eigenvalue weighted by molar-refractivity contribution is -0.122. The molecule has 0 radical (unpaired) electrons. The zero-order chi connectivity index (χ0) is 13.6. The Labute approximate surface area is 111 Å². The number of urea groups is 1. The number of imide groups is 1. The fraction of sp³-hybridized carbons (Fsp3) is 0.200. The Morgan fingerprint density at radius 2 is 1.68 bits per heavy atom. The lowest BCUT2D eigenvalue weighted by Crippen LogP contribution is -2.44. The molecular formula is C15H14N2O2. The third kappa shape index (κ3) is 1.60. The number of amides is 3. The molecular weight excluding hydrogens is 240 g/mol. The van der Waals surface area contributed by atoms with Crippen molar-refractivity contribution in [2.45, 2.75) is 19.4 Å². The van der Waals surface area contributed by atoms with Gasteiger partial charge in [0.25, 0.3) is 5.91 Å². The molecule has 4 heteroatoms. The van der Waals surface area contributed by atoms with Gasteiger partial charge in [-0.2, -0.15) is 0 Å². The van der Waals surface area contributed by atoms with Gasteiger partial charge in [-0.25, -0.2) is 4.79 Å². The standard InChI is InChI=1S/C15H14N2O2/c1-15(2)13(18)16-14(19)17(15)12-9-5-7-10-6-3-4-8-11(10)12/h3-9H,1-2H3,(H,16,18,19). The molecule has 4 nitrogen and oxygen atoms in total. The highest BCUT2D eigenvalue weighted by Crippen LogP contribution is 2.34. The first-order valence-corrected chi connectivity index (χ1v) is 6.15. The van der Waals surface area contributed by atoms with Gasteiger partial charge < -0.3 is 0 Å². The molecule has 1 aliphatic heterocycles. The number of fused-ring (bicyclic) bond motifs is 1. The molecule has 2 aromatic carbocycles. The Kier molecular flexibility index (Phi) is 2.35. The van der Waals surface area contributed by atoms with Crippen LogP contribution in [0.5, 0.6) is 0 Å². The van der Waals surface area contributed by atoms with Crippen LogP contribution in [0.3, 0.4) is 0 Å². The topological polar surface area (TPSA) is 49.4 Å². The van der Waals surface area contributed by atoms with E-state index in [9.17, 15) is 9.59 Å². The highest BCUT2D eigenvalue weighted by molar-refractivity contribution is 6.19. The van der Waals surface area contributed by atoms with E-state index >= 15 is 0 Å². The van der Waals surface area contributed by atoms with Crippen LogP contribution in [-0.4, -0.2) is 17.5 Å². The number of carbonyl (C=O) groups is 2. The summed E-state index contributed by atoms with van der Waals surface area (Å²) in [5.41, 5.74) is -0.118. The highest BCUT2D eigenvalue weighted by Gasteiger charge is 2.46. The molecule has 0 unspecified atom stereocenters. The maximum Gasteiger partial charge on any atom is 0.329 e. The minimum Gasteiger partial charge on any atom is -0.279 e. The number of benzene rings is 2. The molecule has 19 heavy (non-hydrogen) atoms. The summed E-state index contributed by atoms with van der Waals surface area (Å²) >= 11 is 0. The summed E-state index contributed by atoms with van der Waals surface area (Å²) in [6, 6.07) is 13.2. The first-order chi connectivity index (χ1) is 9.01. The molecule has 0 spiro atoms. The van der Waals surface area contributed by atoms with Crippen molar-refractivity contribution in [2.75, 3.05) is 4.90 Å². The molecule has 0 atom stereocenters. The second-order valence-electron chi connectivity index (χ2n) is 5.15. The highest BCUT2D eigenvalue weighted by atomic mass is 16.2. The quantitative estimate of drug-likeness (QED) is 0.795. The zero-order valence-electron chi connectivity index (χ0n) is 10.8. The zero-order valence-corrected chi connectivity index (χ0v) is 10.8. The van der Waals surface area contributed by atoms with E-state index in [-0.39, 0.29) is 11.9 Å². The first kappa shape index (κ1) is 11.7. The number of hydrogen-bond acceptors (Lipinski definition) is 2. The van der Waals surface area contributed by atoms with Crippen molar-refractivity contribution >= 4 is 28.4 Å². The maximum absolute atomic E-state index is 12.0. The van der Waals surface area contributed by atoms with Crippen LogP contribution in [0.2, 0.25) is 0 Å². The van der Waals surface area contributed by atoms with E-state index in [1.54, 1.807) is 13.8 Å². The SMILES string of the molecule is CC1(C)C(=O)NC(=O)N1c1cccc2ccccc12. The normalized spacial score (nSPS) is 17.9. The van der Waals surface area contributed by atoms with Crippen molar-refractivity contribution in [3.63, 3.8) is 0 Å². The van der Waals surface area contributed by atoms with Crippen LogP contribution >= 0.6 is 0 Å². The predicted octanol–water partition coefficient (Wildman–Crippen LogP) is 2.67. The first-order valence-electron chi connectivity index (χ1n) is 6.15. The Morgan fingerprint density at radius 1 is 1.00 bits per heavy atom. The molecule has 1 heterocycles. The molecule has 0 saturated carbocycles. The molecule has 1 saturated heterocycles. The number of nitrogens with zero attached hydrogens (tertiary/aromatic N) is 1. The van der Waals surface area contributed by atoms with Gasteiger partial charge in [0.2, 0.25) is 0 Å². The molecule has 1 fully saturated rings. The van der Waals surface area contributed by atoms with Crippen LogP contribution in [0.4, 0.5) is 10.5 Å². The fourth-order valence-electron chi connectivity index (χ4n) is 2.48. The second-order valence-corrected chi connectivity index (χ2v) is 5.15. The van der Waals surface area contributed by atoms with Crippen molar-refractivity contribution in [3.8, 4) is 0 Å². The van der Waals surface area contributed by atoms with E-state index in [1.807, 2.05) is 42.5 Å². The van der Waals surface area contributed by atoms with Gasteiger partial charge in [-0.05, 0) is 25.3 Å². The van der Waals surface area contributed by atoms with Crippen molar-refractivity contribution in [3.05, 3.63) is 42.5 Å². The minimum atomic E-state index is -0.874. The van der Waals surface area contributed by atoms with E-state index in [2.05, 4.69) is 5.32 Å². The summed E-state index contributed by atoms with van der Waals surface area (Å²) in [6.45, 7) is 3.49. The third-order valence-electron chi connectivity index (χ3n) is 3.55. The predicted molar refractivity (Wildman–Crippen MR) is 74.0 cm³/mol. The summed E-state index contributed by atoms with van der Waals surface area (Å²) in [4.78, 5) is 25.4. The van der Waals surface area contributed by atoms with Gasteiger partial charge in [0, 0.05) is 5.39 Å². The summed E-state index contributed by atoms with van der Waals surface area (Å²) in [7, 11) is 0. The molecule has 0 aromatic heterocycles. The van der Waals surface area contributed by atoms with Gasteiger partial charge in [0.1, 0.15) is 5.54 Å². The van der Waals surface area contributed by atoms with Crippen molar-refractivity contribution < 1.29 is 9.59 Å². The number of nitrogens with one attached hydrogen (secondary N) is 1. The third-order valence-corrected chi connectivity index (χ3v) is 3.55. The van der Waals surface area contributed by atoms with Crippen LogP contribution in [-0.2, 0) is 4.79 Å². The lowest BCUT2D eigenvalue weighted by atomic mass is 10.0. The number of carbonyl (C=O) groups excluding carboxylic acids is 2. The molecule has 1 N–H and O–H groups in total. The summed E-state index contributed by atoms with van der Waals surface area (Å²) in [6.07, 6.45) is 0. The van der Waals surface area contributed by atoms with Gasteiger partial charge in [-0.15, -0.1) is 0 Å². The largest absolute Gasteiger partial charge is 0.329 e. The Balaban J connectivity index is 2.25.